The second-order valence-electron chi connectivity index (χ2n) is 5.78. The van der Waals surface area contributed by atoms with Gasteiger partial charge in [-0.2, -0.15) is 5.10 Å². The van der Waals surface area contributed by atoms with E-state index in [4.69, 9.17) is 0 Å². The Labute approximate surface area is 112 Å². The van der Waals surface area contributed by atoms with Crippen molar-refractivity contribution in [3.8, 4) is 0 Å². The third-order valence-corrected chi connectivity index (χ3v) is 2.95. The largest absolute Gasteiger partial charge is 0.312 e. The van der Waals surface area contributed by atoms with E-state index in [1.165, 1.54) is 0 Å². The number of fused-ring (bicyclic) bond motifs is 1. The Balaban J connectivity index is 2.06. The van der Waals surface area contributed by atoms with Gasteiger partial charge >= 0.3 is 0 Å². The summed E-state index contributed by atoms with van der Waals surface area (Å²) in [6, 6.07) is 0. The van der Waals surface area contributed by atoms with Crippen molar-refractivity contribution < 1.29 is 0 Å². The van der Waals surface area contributed by atoms with E-state index in [9.17, 15) is 4.79 Å². The Morgan fingerprint density at radius 3 is 2.79 bits per heavy atom. The first-order valence-electron chi connectivity index (χ1n) is 6.51. The fraction of sp³-hybridized carbons (Fsp3) is 0.615. The van der Waals surface area contributed by atoms with Crippen LogP contribution in [0.5, 0.6) is 0 Å². The molecule has 2 heterocycles. The number of hydrogen-bond acceptors (Lipinski definition) is 4. The van der Waals surface area contributed by atoms with Crippen LogP contribution in [0.1, 0.15) is 27.2 Å². The molecule has 0 saturated heterocycles. The Morgan fingerprint density at radius 2 is 2.11 bits per heavy atom. The molecule has 2 aromatic rings. The van der Waals surface area contributed by atoms with E-state index in [-0.39, 0.29) is 11.1 Å². The molecule has 104 valence electrons. The molecule has 2 rings (SSSR count). The van der Waals surface area contributed by atoms with Crippen molar-refractivity contribution in [2.24, 2.45) is 7.05 Å². The van der Waals surface area contributed by atoms with Crippen LogP contribution in [0.15, 0.2) is 17.3 Å². The van der Waals surface area contributed by atoms with E-state index in [0.717, 1.165) is 13.0 Å². The molecule has 2 aromatic heterocycles. The molecular formula is C13H21N5O. The fourth-order valence-corrected chi connectivity index (χ4v) is 1.94. The van der Waals surface area contributed by atoms with Gasteiger partial charge in [0.15, 0.2) is 5.65 Å². The molecule has 1 N–H and O–H groups in total. The number of aromatic nitrogens is 4. The van der Waals surface area contributed by atoms with Crippen molar-refractivity contribution in [2.45, 2.75) is 39.3 Å². The van der Waals surface area contributed by atoms with Crippen molar-refractivity contribution in [3.63, 3.8) is 0 Å². The van der Waals surface area contributed by atoms with Crippen LogP contribution in [-0.2, 0) is 13.6 Å². The molecule has 0 unspecified atom stereocenters. The van der Waals surface area contributed by atoms with E-state index in [2.05, 4.69) is 36.2 Å². The topological polar surface area (TPSA) is 64.7 Å². The molecule has 0 aromatic carbocycles. The standard InChI is InChI=1S/C13H21N5O/c1-13(2,3)15-6-5-7-18-9-14-11-10(12(18)19)8-16-17(11)4/h8-9,15H,5-7H2,1-4H3. The monoisotopic (exact) mass is 263 g/mol. The SMILES string of the molecule is Cn1ncc2c(=O)n(CCCNC(C)(C)C)cnc21. The van der Waals surface area contributed by atoms with Gasteiger partial charge in [0, 0.05) is 19.1 Å². The van der Waals surface area contributed by atoms with Gasteiger partial charge in [-0.3, -0.25) is 14.0 Å². The van der Waals surface area contributed by atoms with Crippen LogP contribution in [0.25, 0.3) is 11.0 Å². The van der Waals surface area contributed by atoms with Crippen LogP contribution in [0.3, 0.4) is 0 Å². The normalized spacial score (nSPS) is 12.2. The summed E-state index contributed by atoms with van der Waals surface area (Å²) in [5.41, 5.74) is 0.721. The van der Waals surface area contributed by atoms with Crippen LogP contribution >= 0.6 is 0 Å². The first-order valence-corrected chi connectivity index (χ1v) is 6.51. The van der Waals surface area contributed by atoms with Gasteiger partial charge in [0.2, 0.25) is 0 Å². The molecule has 0 aliphatic rings. The summed E-state index contributed by atoms with van der Waals surface area (Å²) < 4.78 is 3.26. The molecule has 0 bridgehead atoms. The zero-order chi connectivity index (χ0) is 14.0. The van der Waals surface area contributed by atoms with Gasteiger partial charge in [-0.25, -0.2) is 4.98 Å². The number of rotatable bonds is 4. The molecular weight excluding hydrogens is 242 g/mol. The van der Waals surface area contributed by atoms with Gasteiger partial charge < -0.3 is 5.32 Å². The first-order chi connectivity index (χ1) is 8.88. The van der Waals surface area contributed by atoms with E-state index >= 15 is 0 Å². The third-order valence-electron chi connectivity index (χ3n) is 2.95. The molecule has 0 fully saturated rings. The minimum Gasteiger partial charge on any atom is -0.312 e. The van der Waals surface area contributed by atoms with E-state index in [1.54, 1.807) is 28.8 Å². The highest BCUT2D eigenvalue weighted by Crippen LogP contribution is 2.03. The molecule has 6 heteroatoms. The average Bonchev–Trinajstić information content (AvgIpc) is 2.69. The quantitative estimate of drug-likeness (QED) is 0.833. The van der Waals surface area contributed by atoms with Gasteiger partial charge in [0.25, 0.3) is 5.56 Å². The molecule has 0 saturated carbocycles. The number of aryl methyl sites for hydroxylation is 2. The lowest BCUT2D eigenvalue weighted by molar-refractivity contribution is 0.412. The molecule has 0 atom stereocenters. The summed E-state index contributed by atoms with van der Waals surface area (Å²) >= 11 is 0. The first kappa shape index (κ1) is 13.7. The summed E-state index contributed by atoms with van der Waals surface area (Å²) in [5, 5.41) is 8.03. The fourth-order valence-electron chi connectivity index (χ4n) is 1.94. The van der Waals surface area contributed by atoms with Gasteiger partial charge in [-0.1, -0.05) is 0 Å². The maximum Gasteiger partial charge on any atom is 0.264 e. The van der Waals surface area contributed by atoms with Gasteiger partial charge in [0.05, 0.1) is 12.5 Å². The van der Waals surface area contributed by atoms with Crippen molar-refractivity contribution in [1.29, 1.82) is 0 Å². The van der Waals surface area contributed by atoms with Crippen LogP contribution in [0, 0.1) is 0 Å². The van der Waals surface area contributed by atoms with Crippen molar-refractivity contribution >= 4 is 11.0 Å². The number of nitrogens with one attached hydrogen (secondary N) is 1. The maximum atomic E-state index is 12.2. The maximum absolute atomic E-state index is 12.2. The highest BCUT2D eigenvalue weighted by atomic mass is 16.1. The minimum absolute atomic E-state index is 0.0196. The lowest BCUT2D eigenvalue weighted by Gasteiger charge is -2.20. The molecule has 0 amide bonds. The lowest BCUT2D eigenvalue weighted by Crippen LogP contribution is -2.37. The van der Waals surface area contributed by atoms with E-state index in [0.29, 0.717) is 17.6 Å². The van der Waals surface area contributed by atoms with Crippen LogP contribution in [0.4, 0.5) is 0 Å². The second kappa shape index (κ2) is 5.13. The predicted molar refractivity (Wildman–Crippen MR) is 75.1 cm³/mol. The third kappa shape index (κ3) is 3.20. The molecule has 0 aliphatic carbocycles. The van der Waals surface area contributed by atoms with Crippen molar-refractivity contribution in [2.75, 3.05) is 6.54 Å². The second-order valence-corrected chi connectivity index (χ2v) is 5.78. The summed E-state index contributed by atoms with van der Waals surface area (Å²) in [7, 11) is 1.78. The highest BCUT2D eigenvalue weighted by Gasteiger charge is 2.09. The zero-order valence-electron chi connectivity index (χ0n) is 12.0. The Bertz CT molecular complexity index is 620. The average molecular weight is 263 g/mol. The van der Waals surface area contributed by atoms with Gasteiger partial charge in [-0.05, 0) is 33.7 Å². The number of nitrogens with zero attached hydrogens (tertiary/aromatic N) is 4. The van der Waals surface area contributed by atoms with Gasteiger partial charge in [-0.15, -0.1) is 0 Å². The Morgan fingerprint density at radius 1 is 1.37 bits per heavy atom. The summed E-state index contributed by atoms with van der Waals surface area (Å²) in [4.78, 5) is 16.5. The lowest BCUT2D eigenvalue weighted by atomic mass is 10.1. The molecule has 6 nitrogen and oxygen atoms in total. The van der Waals surface area contributed by atoms with Crippen molar-refractivity contribution in [3.05, 3.63) is 22.9 Å². The number of hydrogen-bond donors (Lipinski definition) is 1. The highest BCUT2D eigenvalue weighted by molar-refractivity contribution is 5.72. The van der Waals surface area contributed by atoms with Crippen LogP contribution in [-0.4, -0.2) is 31.4 Å². The Hall–Kier alpha value is -1.69. The van der Waals surface area contributed by atoms with E-state index in [1.807, 2.05) is 0 Å². The summed E-state index contributed by atoms with van der Waals surface area (Å²) in [5.74, 6) is 0. The summed E-state index contributed by atoms with van der Waals surface area (Å²) in [6.45, 7) is 7.92. The Kier molecular flexibility index (Phi) is 3.71. The van der Waals surface area contributed by atoms with Crippen LogP contribution < -0.4 is 10.9 Å². The molecule has 0 aliphatic heterocycles. The summed E-state index contributed by atoms with van der Waals surface area (Å²) in [6.07, 6.45) is 4.07. The van der Waals surface area contributed by atoms with Gasteiger partial charge in [0.1, 0.15) is 5.39 Å². The zero-order valence-corrected chi connectivity index (χ0v) is 12.0. The molecule has 0 spiro atoms. The van der Waals surface area contributed by atoms with E-state index < -0.39 is 0 Å². The van der Waals surface area contributed by atoms with Crippen molar-refractivity contribution in [1.82, 2.24) is 24.6 Å². The molecule has 19 heavy (non-hydrogen) atoms. The molecule has 0 radical (unpaired) electrons. The predicted octanol–water partition coefficient (Wildman–Crippen LogP) is 0.908. The minimum atomic E-state index is -0.0196. The van der Waals surface area contributed by atoms with Crippen LogP contribution in [0.2, 0.25) is 0 Å². The smallest absolute Gasteiger partial charge is 0.264 e.